The van der Waals surface area contributed by atoms with Gasteiger partial charge in [0.05, 0.1) is 6.04 Å². The molecule has 1 aromatic carbocycles. The maximum Gasteiger partial charge on any atom is 0.325 e. The van der Waals surface area contributed by atoms with Crippen LogP contribution >= 0.6 is 0 Å². The first-order valence-corrected chi connectivity index (χ1v) is 11.7. The summed E-state index contributed by atoms with van der Waals surface area (Å²) < 4.78 is 0. The van der Waals surface area contributed by atoms with Crippen molar-refractivity contribution in [1.29, 1.82) is 0 Å². The van der Waals surface area contributed by atoms with Gasteiger partial charge in [-0.3, -0.25) is 14.5 Å². The number of carbonyl (C=O) groups is 3. The second-order valence-electron chi connectivity index (χ2n) is 9.44. The van der Waals surface area contributed by atoms with Gasteiger partial charge in [0.15, 0.2) is 0 Å². The SMILES string of the molecule is CCCN1CCC2(CC1)NC(=O)N(C1CCN(C(=O)c3cc4c(C)cccc4[nH]3)C1)C2=O. The van der Waals surface area contributed by atoms with Crippen LogP contribution in [0, 0.1) is 6.92 Å². The lowest BCUT2D eigenvalue weighted by molar-refractivity contribution is -0.134. The number of amides is 4. The van der Waals surface area contributed by atoms with E-state index in [9.17, 15) is 14.4 Å². The van der Waals surface area contributed by atoms with E-state index >= 15 is 0 Å². The highest BCUT2D eigenvalue weighted by molar-refractivity contribution is 6.07. The van der Waals surface area contributed by atoms with Crippen molar-refractivity contribution >= 4 is 28.7 Å². The minimum Gasteiger partial charge on any atom is -0.351 e. The van der Waals surface area contributed by atoms with Gasteiger partial charge in [-0.2, -0.15) is 0 Å². The Bertz CT molecular complexity index is 1070. The fourth-order valence-corrected chi connectivity index (χ4v) is 5.52. The number of aryl methyl sites for hydroxylation is 1. The Morgan fingerprint density at radius 3 is 2.69 bits per heavy atom. The molecule has 3 fully saturated rings. The molecule has 0 aliphatic carbocycles. The number of fused-ring (bicyclic) bond motifs is 1. The summed E-state index contributed by atoms with van der Waals surface area (Å²) in [6.07, 6.45) is 3.00. The first-order chi connectivity index (χ1) is 15.4. The first kappa shape index (κ1) is 21.0. The molecule has 3 aliphatic rings. The molecule has 2 N–H and O–H groups in total. The molecule has 1 spiro atoms. The van der Waals surface area contributed by atoms with Crippen LogP contribution in [0.15, 0.2) is 24.3 Å². The average Bonchev–Trinajstić information content (AvgIpc) is 3.48. The third kappa shape index (κ3) is 3.37. The number of nitrogens with one attached hydrogen (secondary N) is 2. The molecule has 4 heterocycles. The molecule has 2 aromatic rings. The van der Waals surface area contributed by atoms with E-state index in [1.807, 2.05) is 31.2 Å². The zero-order valence-electron chi connectivity index (χ0n) is 18.8. The van der Waals surface area contributed by atoms with Crippen LogP contribution in [-0.4, -0.2) is 81.8 Å². The highest BCUT2D eigenvalue weighted by Gasteiger charge is 2.54. The summed E-state index contributed by atoms with van der Waals surface area (Å²) in [5, 5.41) is 4.05. The van der Waals surface area contributed by atoms with Gasteiger partial charge in [-0.25, -0.2) is 4.79 Å². The molecule has 5 rings (SSSR count). The number of aromatic amines is 1. The quantitative estimate of drug-likeness (QED) is 0.720. The summed E-state index contributed by atoms with van der Waals surface area (Å²) in [6.45, 7) is 7.76. The van der Waals surface area contributed by atoms with Gasteiger partial charge in [0.1, 0.15) is 11.2 Å². The molecule has 8 heteroatoms. The Morgan fingerprint density at radius 1 is 1.19 bits per heavy atom. The summed E-state index contributed by atoms with van der Waals surface area (Å²) in [7, 11) is 0. The maximum atomic E-state index is 13.4. The zero-order chi connectivity index (χ0) is 22.5. The van der Waals surface area contributed by atoms with Crippen LogP contribution in [0.5, 0.6) is 0 Å². The predicted octanol–water partition coefficient (Wildman–Crippen LogP) is 2.49. The average molecular weight is 438 g/mol. The number of H-pyrrole nitrogens is 1. The molecular formula is C24H31N5O3. The Balaban J connectivity index is 1.28. The smallest absolute Gasteiger partial charge is 0.325 e. The number of rotatable bonds is 4. The number of aromatic nitrogens is 1. The third-order valence-electron chi connectivity index (χ3n) is 7.37. The molecule has 0 radical (unpaired) electrons. The molecule has 1 aromatic heterocycles. The molecule has 0 saturated carbocycles. The number of benzene rings is 1. The largest absolute Gasteiger partial charge is 0.351 e. The van der Waals surface area contributed by atoms with Crippen molar-refractivity contribution in [2.75, 3.05) is 32.7 Å². The van der Waals surface area contributed by atoms with Gasteiger partial charge in [-0.05, 0) is 56.8 Å². The fraction of sp³-hybridized carbons (Fsp3) is 0.542. The first-order valence-electron chi connectivity index (χ1n) is 11.7. The van der Waals surface area contributed by atoms with E-state index in [2.05, 4.69) is 22.1 Å². The summed E-state index contributed by atoms with van der Waals surface area (Å²) in [5.74, 6) is -0.197. The topological polar surface area (TPSA) is 88.8 Å². The standard InChI is InChI=1S/C24H31N5O3/c1-3-10-27-12-8-24(9-13-27)22(31)29(23(32)26-24)17-7-11-28(15-17)21(30)20-14-18-16(2)5-4-6-19(18)25-20/h4-6,14,17,25H,3,7-13,15H2,1-2H3,(H,26,32). The molecule has 3 saturated heterocycles. The van der Waals surface area contributed by atoms with E-state index in [1.54, 1.807) is 4.90 Å². The molecule has 170 valence electrons. The van der Waals surface area contributed by atoms with Gasteiger partial charge in [0.25, 0.3) is 11.8 Å². The van der Waals surface area contributed by atoms with Crippen molar-refractivity contribution in [2.24, 2.45) is 0 Å². The van der Waals surface area contributed by atoms with E-state index < -0.39 is 5.54 Å². The molecule has 0 bridgehead atoms. The van der Waals surface area contributed by atoms with E-state index in [4.69, 9.17) is 0 Å². The third-order valence-corrected chi connectivity index (χ3v) is 7.37. The van der Waals surface area contributed by atoms with Crippen LogP contribution < -0.4 is 5.32 Å². The Kier molecular flexibility index (Phi) is 5.20. The van der Waals surface area contributed by atoms with Crippen molar-refractivity contribution in [3.63, 3.8) is 0 Å². The van der Waals surface area contributed by atoms with E-state index in [0.29, 0.717) is 38.0 Å². The van der Waals surface area contributed by atoms with E-state index in [-0.39, 0.29) is 23.9 Å². The summed E-state index contributed by atoms with van der Waals surface area (Å²) >= 11 is 0. The van der Waals surface area contributed by atoms with Gasteiger partial charge < -0.3 is 20.1 Å². The van der Waals surface area contributed by atoms with Crippen LogP contribution in [0.4, 0.5) is 4.79 Å². The second kappa shape index (κ2) is 7.92. The van der Waals surface area contributed by atoms with Crippen molar-refractivity contribution < 1.29 is 14.4 Å². The maximum absolute atomic E-state index is 13.4. The number of hydrogen-bond acceptors (Lipinski definition) is 4. The number of nitrogens with zero attached hydrogens (tertiary/aromatic N) is 3. The van der Waals surface area contributed by atoms with Gasteiger partial charge in [-0.1, -0.05) is 19.1 Å². The fourth-order valence-electron chi connectivity index (χ4n) is 5.52. The van der Waals surface area contributed by atoms with Crippen molar-refractivity contribution in [2.45, 2.75) is 51.1 Å². The van der Waals surface area contributed by atoms with E-state index in [1.165, 1.54) is 4.90 Å². The van der Waals surface area contributed by atoms with Crippen LogP contribution in [0.3, 0.4) is 0 Å². The Hall–Kier alpha value is -2.87. The predicted molar refractivity (Wildman–Crippen MR) is 121 cm³/mol. The lowest BCUT2D eigenvalue weighted by atomic mass is 9.87. The normalized spacial score (nSPS) is 23.5. The lowest BCUT2D eigenvalue weighted by Crippen LogP contribution is -2.55. The molecular weight excluding hydrogens is 406 g/mol. The van der Waals surface area contributed by atoms with Crippen molar-refractivity contribution in [1.82, 2.24) is 25.0 Å². The number of hydrogen-bond donors (Lipinski definition) is 2. The van der Waals surface area contributed by atoms with Crippen LogP contribution in [0.25, 0.3) is 10.9 Å². The number of imide groups is 1. The van der Waals surface area contributed by atoms with Crippen LogP contribution in [0.2, 0.25) is 0 Å². The van der Waals surface area contributed by atoms with Crippen molar-refractivity contribution in [3.05, 3.63) is 35.5 Å². The van der Waals surface area contributed by atoms with Crippen LogP contribution in [-0.2, 0) is 4.79 Å². The summed E-state index contributed by atoms with van der Waals surface area (Å²) in [4.78, 5) is 48.0. The number of likely N-dealkylation sites (tertiary alicyclic amines) is 2. The lowest BCUT2D eigenvalue weighted by Gasteiger charge is -2.37. The molecule has 1 unspecified atom stereocenters. The molecule has 1 atom stereocenters. The van der Waals surface area contributed by atoms with Crippen molar-refractivity contribution in [3.8, 4) is 0 Å². The van der Waals surface area contributed by atoms with Gasteiger partial charge >= 0.3 is 6.03 Å². The Labute approximate surface area is 187 Å². The number of carbonyl (C=O) groups excluding carboxylic acids is 3. The van der Waals surface area contributed by atoms with Crippen LogP contribution in [0.1, 0.15) is 48.7 Å². The highest BCUT2D eigenvalue weighted by atomic mass is 16.2. The molecule has 3 aliphatic heterocycles. The molecule has 4 amide bonds. The minimum absolute atomic E-state index is 0.0854. The number of urea groups is 1. The van der Waals surface area contributed by atoms with Gasteiger partial charge in [0, 0.05) is 37.1 Å². The minimum atomic E-state index is -0.770. The van der Waals surface area contributed by atoms with E-state index in [0.717, 1.165) is 42.5 Å². The summed E-state index contributed by atoms with van der Waals surface area (Å²) in [5.41, 5.74) is 1.83. The zero-order valence-corrected chi connectivity index (χ0v) is 18.8. The Morgan fingerprint density at radius 2 is 1.97 bits per heavy atom. The highest BCUT2D eigenvalue weighted by Crippen LogP contribution is 2.33. The monoisotopic (exact) mass is 437 g/mol. The summed E-state index contributed by atoms with van der Waals surface area (Å²) in [6, 6.07) is 7.27. The van der Waals surface area contributed by atoms with Gasteiger partial charge in [0.2, 0.25) is 0 Å². The molecule has 8 nitrogen and oxygen atoms in total. The number of piperidine rings is 1. The second-order valence-corrected chi connectivity index (χ2v) is 9.44. The molecule has 32 heavy (non-hydrogen) atoms. The van der Waals surface area contributed by atoms with Gasteiger partial charge in [-0.15, -0.1) is 0 Å².